The van der Waals surface area contributed by atoms with Crippen LogP contribution in [0.1, 0.15) is 34.6 Å². The van der Waals surface area contributed by atoms with Crippen molar-refractivity contribution in [2.24, 2.45) is 0 Å². The second-order valence-corrected chi connectivity index (χ2v) is 8.54. The average Bonchev–Trinajstić information content (AvgIpc) is 3.41. The molecule has 0 saturated carbocycles. The minimum Gasteiger partial charge on any atom is -0.338 e. The maximum atomic E-state index is 12.5. The average molecular weight is 413 g/mol. The van der Waals surface area contributed by atoms with Crippen LogP contribution in [0.2, 0.25) is 0 Å². The molecule has 144 valence electrons. The highest BCUT2D eigenvalue weighted by Crippen LogP contribution is 2.28. The molecule has 4 rings (SSSR count). The summed E-state index contributed by atoms with van der Waals surface area (Å²) < 4.78 is 0. The SMILES string of the molecule is Cc1nc(Nc2nccs2)cc(C2CCN(C(=O)/C=C/c3csc(C)n3)C2)n1. The zero-order chi connectivity index (χ0) is 19.5. The standard InChI is InChI=1S/C19H20N6OS2/c1-12-21-16(9-17(22-12)24-19-20-6-8-27-19)14-5-7-25(10-14)18(26)4-3-15-11-28-13(2)23-15/h3-4,6,8-9,11,14H,5,7,10H2,1-2H3,(H,20,21,22,24)/b4-3+. The van der Waals surface area contributed by atoms with Crippen LogP contribution in [0.4, 0.5) is 10.9 Å². The highest BCUT2D eigenvalue weighted by atomic mass is 32.1. The summed E-state index contributed by atoms with van der Waals surface area (Å²) in [6.07, 6.45) is 6.03. The van der Waals surface area contributed by atoms with Crippen LogP contribution in [0.25, 0.3) is 6.08 Å². The number of rotatable bonds is 5. The molecular formula is C19H20N6OS2. The molecule has 1 aliphatic heterocycles. The largest absolute Gasteiger partial charge is 0.338 e. The van der Waals surface area contributed by atoms with Crippen molar-refractivity contribution in [1.82, 2.24) is 24.8 Å². The van der Waals surface area contributed by atoms with Crippen LogP contribution in [-0.4, -0.2) is 43.8 Å². The molecule has 28 heavy (non-hydrogen) atoms. The van der Waals surface area contributed by atoms with Crippen molar-refractivity contribution in [3.05, 3.63) is 51.3 Å². The van der Waals surface area contributed by atoms with E-state index < -0.39 is 0 Å². The summed E-state index contributed by atoms with van der Waals surface area (Å²) >= 11 is 3.10. The van der Waals surface area contributed by atoms with Gasteiger partial charge in [-0.05, 0) is 26.3 Å². The summed E-state index contributed by atoms with van der Waals surface area (Å²) in [6.45, 7) is 5.22. The van der Waals surface area contributed by atoms with Crippen molar-refractivity contribution in [2.45, 2.75) is 26.2 Å². The second kappa shape index (κ2) is 8.15. The number of nitrogens with one attached hydrogen (secondary N) is 1. The third-order valence-electron chi connectivity index (χ3n) is 4.48. The summed E-state index contributed by atoms with van der Waals surface area (Å²) in [5.41, 5.74) is 1.79. The van der Waals surface area contributed by atoms with Gasteiger partial charge in [-0.15, -0.1) is 22.7 Å². The van der Waals surface area contributed by atoms with Crippen LogP contribution < -0.4 is 5.32 Å². The molecule has 1 fully saturated rings. The van der Waals surface area contributed by atoms with Crippen LogP contribution >= 0.6 is 22.7 Å². The Morgan fingerprint density at radius 3 is 2.93 bits per heavy atom. The molecule has 3 aromatic heterocycles. The number of hydrogen-bond acceptors (Lipinski definition) is 8. The van der Waals surface area contributed by atoms with Crippen LogP contribution in [0.15, 0.2) is 29.1 Å². The first-order valence-corrected chi connectivity index (χ1v) is 10.7. The molecule has 1 atom stereocenters. The third kappa shape index (κ3) is 4.42. The zero-order valence-corrected chi connectivity index (χ0v) is 17.3. The van der Waals surface area contributed by atoms with Gasteiger partial charge in [-0.1, -0.05) is 0 Å². The monoisotopic (exact) mass is 412 g/mol. The fourth-order valence-electron chi connectivity index (χ4n) is 3.18. The number of amides is 1. The molecule has 7 nitrogen and oxygen atoms in total. The summed E-state index contributed by atoms with van der Waals surface area (Å²) in [5.74, 6) is 1.67. The van der Waals surface area contributed by atoms with E-state index in [1.165, 1.54) is 11.3 Å². The van der Waals surface area contributed by atoms with Gasteiger partial charge in [0.15, 0.2) is 5.13 Å². The Morgan fingerprint density at radius 1 is 1.29 bits per heavy atom. The molecule has 0 bridgehead atoms. The van der Waals surface area contributed by atoms with Gasteiger partial charge >= 0.3 is 0 Å². The summed E-state index contributed by atoms with van der Waals surface area (Å²) in [6, 6.07) is 1.96. The number of likely N-dealkylation sites (tertiary alicyclic amines) is 1. The molecule has 3 aromatic rings. The number of aromatic nitrogens is 4. The molecule has 1 amide bonds. The van der Waals surface area contributed by atoms with Gasteiger partial charge in [0.05, 0.1) is 16.4 Å². The number of thiazole rings is 2. The summed E-state index contributed by atoms with van der Waals surface area (Å²) in [5, 5.41) is 8.88. The first-order valence-electron chi connectivity index (χ1n) is 8.98. The van der Waals surface area contributed by atoms with E-state index in [2.05, 4.69) is 25.3 Å². The number of nitrogens with zero attached hydrogens (tertiary/aromatic N) is 5. The fraction of sp³-hybridized carbons (Fsp3) is 0.316. The van der Waals surface area contributed by atoms with Crippen molar-refractivity contribution in [3.8, 4) is 0 Å². The number of anilines is 2. The number of carbonyl (C=O) groups excluding carboxylic acids is 1. The Labute approximate surface area is 171 Å². The van der Waals surface area contributed by atoms with Gasteiger partial charge in [-0.3, -0.25) is 4.79 Å². The maximum absolute atomic E-state index is 12.5. The van der Waals surface area contributed by atoms with Gasteiger partial charge in [-0.25, -0.2) is 19.9 Å². The van der Waals surface area contributed by atoms with E-state index in [4.69, 9.17) is 0 Å². The van der Waals surface area contributed by atoms with Crippen LogP contribution in [-0.2, 0) is 4.79 Å². The Balaban J connectivity index is 1.42. The molecule has 0 radical (unpaired) electrons. The van der Waals surface area contributed by atoms with E-state index in [9.17, 15) is 4.79 Å². The lowest BCUT2D eigenvalue weighted by molar-refractivity contribution is -0.124. The molecule has 0 aromatic carbocycles. The normalized spacial score (nSPS) is 16.8. The number of carbonyl (C=O) groups is 1. The van der Waals surface area contributed by atoms with Crippen LogP contribution in [0, 0.1) is 13.8 Å². The minimum absolute atomic E-state index is 0.0139. The molecule has 0 spiro atoms. The minimum atomic E-state index is 0.0139. The predicted octanol–water partition coefficient (Wildman–Crippen LogP) is 3.78. The molecule has 4 heterocycles. The van der Waals surface area contributed by atoms with E-state index in [-0.39, 0.29) is 11.8 Å². The number of hydrogen-bond donors (Lipinski definition) is 1. The van der Waals surface area contributed by atoms with Gasteiger partial charge < -0.3 is 10.2 Å². The van der Waals surface area contributed by atoms with Crippen molar-refractivity contribution >= 4 is 45.6 Å². The first kappa shape index (κ1) is 18.7. The summed E-state index contributed by atoms with van der Waals surface area (Å²) in [4.78, 5) is 32.0. The molecule has 1 unspecified atom stereocenters. The Bertz CT molecular complexity index is 998. The maximum Gasteiger partial charge on any atom is 0.246 e. The van der Waals surface area contributed by atoms with E-state index in [1.807, 2.05) is 35.6 Å². The molecule has 0 aliphatic carbocycles. The first-order chi connectivity index (χ1) is 13.6. The van der Waals surface area contributed by atoms with E-state index in [0.717, 1.165) is 40.3 Å². The van der Waals surface area contributed by atoms with E-state index >= 15 is 0 Å². The van der Waals surface area contributed by atoms with Gasteiger partial charge in [0.1, 0.15) is 11.6 Å². The lowest BCUT2D eigenvalue weighted by Crippen LogP contribution is -2.26. The van der Waals surface area contributed by atoms with Gasteiger partial charge in [0, 0.05) is 48.1 Å². The lowest BCUT2D eigenvalue weighted by Gasteiger charge is -2.15. The molecule has 1 saturated heterocycles. The smallest absolute Gasteiger partial charge is 0.246 e. The van der Waals surface area contributed by atoms with E-state index in [1.54, 1.807) is 29.7 Å². The van der Waals surface area contributed by atoms with Crippen LogP contribution in [0.5, 0.6) is 0 Å². The zero-order valence-electron chi connectivity index (χ0n) is 15.6. The van der Waals surface area contributed by atoms with E-state index in [0.29, 0.717) is 12.4 Å². The van der Waals surface area contributed by atoms with Crippen LogP contribution in [0.3, 0.4) is 0 Å². The quantitative estimate of drug-likeness (QED) is 0.642. The van der Waals surface area contributed by atoms with Gasteiger partial charge in [0.25, 0.3) is 0 Å². The summed E-state index contributed by atoms with van der Waals surface area (Å²) in [7, 11) is 0. The Kier molecular flexibility index (Phi) is 5.45. The van der Waals surface area contributed by atoms with Gasteiger partial charge in [0.2, 0.25) is 5.91 Å². The lowest BCUT2D eigenvalue weighted by atomic mass is 10.0. The van der Waals surface area contributed by atoms with Crippen molar-refractivity contribution in [1.29, 1.82) is 0 Å². The molecule has 1 aliphatic rings. The fourth-order valence-corrected chi connectivity index (χ4v) is 4.30. The van der Waals surface area contributed by atoms with Crippen molar-refractivity contribution < 1.29 is 4.79 Å². The van der Waals surface area contributed by atoms with Crippen molar-refractivity contribution in [3.63, 3.8) is 0 Å². The number of aryl methyl sites for hydroxylation is 2. The highest BCUT2D eigenvalue weighted by molar-refractivity contribution is 7.13. The highest BCUT2D eigenvalue weighted by Gasteiger charge is 2.27. The third-order valence-corrected chi connectivity index (χ3v) is 5.96. The van der Waals surface area contributed by atoms with Crippen molar-refractivity contribution in [2.75, 3.05) is 18.4 Å². The topological polar surface area (TPSA) is 83.9 Å². The Morgan fingerprint density at radius 2 is 2.18 bits per heavy atom. The molecular weight excluding hydrogens is 392 g/mol. The second-order valence-electron chi connectivity index (χ2n) is 6.58. The molecule has 9 heteroatoms. The predicted molar refractivity (Wildman–Crippen MR) is 112 cm³/mol. The van der Waals surface area contributed by atoms with Gasteiger partial charge in [-0.2, -0.15) is 0 Å². The Hall–Kier alpha value is -2.65. The molecule has 1 N–H and O–H groups in total.